The van der Waals surface area contributed by atoms with Crippen LogP contribution in [0.5, 0.6) is 0 Å². The lowest BCUT2D eigenvalue weighted by Crippen LogP contribution is -1.98. The van der Waals surface area contributed by atoms with E-state index in [2.05, 4.69) is 4.98 Å². The summed E-state index contributed by atoms with van der Waals surface area (Å²) in [5.74, 6) is -0.270. The maximum atomic E-state index is 10.3. The summed E-state index contributed by atoms with van der Waals surface area (Å²) in [6.45, 7) is 1.67. The lowest BCUT2D eigenvalue weighted by Gasteiger charge is -1.95. The van der Waals surface area contributed by atoms with Gasteiger partial charge in [0.2, 0.25) is 0 Å². The summed E-state index contributed by atoms with van der Waals surface area (Å²) in [6.07, 6.45) is 0. The van der Waals surface area contributed by atoms with E-state index in [-0.39, 0.29) is 5.97 Å². The van der Waals surface area contributed by atoms with Crippen molar-refractivity contribution in [1.29, 1.82) is 0 Å². The minimum absolute atomic E-state index is 0.270. The predicted molar refractivity (Wildman–Crippen MR) is 37.6 cm³/mol. The van der Waals surface area contributed by atoms with Crippen molar-refractivity contribution in [2.24, 2.45) is 0 Å². The van der Waals surface area contributed by atoms with Crippen LogP contribution >= 0.6 is 11.3 Å². The molecule has 1 aromatic heterocycles. The van der Waals surface area contributed by atoms with Gasteiger partial charge in [0.1, 0.15) is 6.61 Å². The fourth-order valence-electron chi connectivity index (χ4n) is 0.484. The van der Waals surface area contributed by atoms with Crippen LogP contribution in [0.4, 0.5) is 0 Å². The maximum Gasteiger partial charge on any atom is 0.303 e. The molecule has 10 heavy (non-hydrogen) atoms. The lowest BCUT2D eigenvalue weighted by molar-refractivity contribution is -0.142. The molecule has 3 nitrogen and oxygen atoms in total. The van der Waals surface area contributed by atoms with E-state index in [1.54, 1.807) is 5.51 Å². The smallest absolute Gasteiger partial charge is 0.303 e. The van der Waals surface area contributed by atoms with Gasteiger partial charge >= 0.3 is 5.97 Å². The zero-order valence-electron chi connectivity index (χ0n) is 5.53. The third-order valence-corrected chi connectivity index (χ3v) is 1.54. The van der Waals surface area contributed by atoms with Crippen LogP contribution in [0.2, 0.25) is 0 Å². The van der Waals surface area contributed by atoms with Gasteiger partial charge in [-0.25, -0.2) is 4.98 Å². The van der Waals surface area contributed by atoms with E-state index in [9.17, 15) is 4.79 Å². The average molecular weight is 157 g/mol. The molecule has 54 valence electrons. The van der Waals surface area contributed by atoms with Crippen LogP contribution in [0.25, 0.3) is 0 Å². The molecular weight excluding hydrogens is 150 g/mol. The molecule has 0 spiro atoms. The van der Waals surface area contributed by atoms with Crippen molar-refractivity contribution in [3.63, 3.8) is 0 Å². The van der Waals surface area contributed by atoms with E-state index in [4.69, 9.17) is 4.74 Å². The Hall–Kier alpha value is -0.900. The van der Waals surface area contributed by atoms with Gasteiger partial charge in [-0.15, -0.1) is 11.3 Å². The van der Waals surface area contributed by atoms with E-state index in [0.717, 1.165) is 5.69 Å². The summed E-state index contributed by atoms with van der Waals surface area (Å²) in [5.41, 5.74) is 2.51. The Morgan fingerprint density at radius 1 is 1.90 bits per heavy atom. The van der Waals surface area contributed by atoms with E-state index in [0.29, 0.717) is 6.61 Å². The van der Waals surface area contributed by atoms with Crippen molar-refractivity contribution in [2.75, 3.05) is 0 Å². The monoisotopic (exact) mass is 157 g/mol. The second-order valence-electron chi connectivity index (χ2n) is 1.76. The van der Waals surface area contributed by atoms with Crippen LogP contribution in [-0.2, 0) is 16.1 Å². The van der Waals surface area contributed by atoms with Crippen molar-refractivity contribution in [3.8, 4) is 0 Å². The number of thiazole rings is 1. The van der Waals surface area contributed by atoms with Crippen LogP contribution in [0, 0.1) is 0 Å². The molecule has 0 bridgehead atoms. The highest BCUT2D eigenvalue weighted by Crippen LogP contribution is 2.01. The second-order valence-corrected chi connectivity index (χ2v) is 2.48. The molecule has 0 radical (unpaired) electrons. The highest BCUT2D eigenvalue weighted by atomic mass is 32.1. The van der Waals surface area contributed by atoms with Crippen LogP contribution in [-0.4, -0.2) is 11.0 Å². The highest BCUT2D eigenvalue weighted by molar-refractivity contribution is 7.07. The normalized spacial score (nSPS) is 9.30. The fourth-order valence-corrected chi connectivity index (χ4v) is 1.03. The first-order valence-corrected chi connectivity index (χ1v) is 3.74. The summed E-state index contributed by atoms with van der Waals surface area (Å²) in [5, 5.41) is 1.85. The maximum absolute atomic E-state index is 10.3. The van der Waals surface area contributed by atoms with Gasteiger partial charge < -0.3 is 4.74 Å². The van der Waals surface area contributed by atoms with Crippen molar-refractivity contribution in [3.05, 3.63) is 16.6 Å². The Morgan fingerprint density at radius 2 is 2.70 bits per heavy atom. The molecule has 4 heteroatoms. The van der Waals surface area contributed by atoms with E-state index >= 15 is 0 Å². The van der Waals surface area contributed by atoms with Crippen molar-refractivity contribution in [1.82, 2.24) is 4.98 Å². The molecule has 0 aliphatic rings. The molecule has 0 N–H and O–H groups in total. The summed E-state index contributed by atoms with van der Waals surface area (Å²) in [6, 6.07) is 0. The topological polar surface area (TPSA) is 39.2 Å². The minimum atomic E-state index is -0.270. The number of nitrogens with zero attached hydrogens (tertiary/aromatic N) is 1. The van der Waals surface area contributed by atoms with Gasteiger partial charge in [-0.2, -0.15) is 0 Å². The quantitative estimate of drug-likeness (QED) is 0.605. The van der Waals surface area contributed by atoms with Crippen LogP contribution in [0.1, 0.15) is 12.6 Å². The van der Waals surface area contributed by atoms with Crippen LogP contribution in [0.3, 0.4) is 0 Å². The number of ether oxygens (including phenoxy) is 1. The number of carbonyl (C=O) groups excluding carboxylic acids is 1. The first kappa shape index (κ1) is 7.21. The number of hydrogen-bond acceptors (Lipinski definition) is 4. The summed E-state index contributed by atoms with van der Waals surface area (Å²) >= 11 is 1.49. The molecule has 0 saturated carbocycles. The molecule has 0 atom stereocenters. The Bertz CT molecular complexity index is 208. The van der Waals surface area contributed by atoms with Crippen LogP contribution < -0.4 is 0 Å². The van der Waals surface area contributed by atoms with Gasteiger partial charge in [-0.05, 0) is 0 Å². The Morgan fingerprint density at radius 3 is 3.20 bits per heavy atom. The second kappa shape index (κ2) is 3.31. The van der Waals surface area contributed by atoms with Crippen molar-refractivity contribution < 1.29 is 9.53 Å². The summed E-state index contributed by atoms with van der Waals surface area (Å²) in [7, 11) is 0. The minimum Gasteiger partial charge on any atom is -0.459 e. The van der Waals surface area contributed by atoms with E-state index < -0.39 is 0 Å². The van der Waals surface area contributed by atoms with Crippen molar-refractivity contribution in [2.45, 2.75) is 13.5 Å². The van der Waals surface area contributed by atoms with Gasteiger partial charge in [0, 0.05) is 12.3 Å². The van der Waals surface area contributed by atoms with Gasteiger partial charge in [-0.1, -0.05) is 0 Å². The van der Waals surface area contributed by atoms with Gasteiger partial charge in [-0.3, -0.25) is 4.79 Å². The first-order valence-electron chi connectivity index (χ1n) is 2.79. The Labute approximate surface area is 62.7 Å². The SMILES string of the molecule is CC(=O)OCc1cscn1. The van der Waals surface area contributed by atoms with Gasteiger partial charge in [0.25, 0.3) is 0 Å². The molecule has 0 unspecified atom stereocenters. The molecule has 0 fully saturated rings. The Kier molecular flexibility index (Phi) is 2.39. The number of hydrogen-bond donors (Lipinski definition) is 0. The molecule has 0 amide bonds. The molecule has 0 aliphatic heterocycles. The highest BCUT2D eigenvalue weighted by Gasteiger charge is 1.95. The molecule has 1 rings (SSSR count). The number of aromatic nitrogens is 1. The number of esters is 1. The zero-order valence-corrected chi connectivity index (χ0v) is 6.35. The van der Waals surface area contributed by atoms with E-state index in [1.807, 2.05) is 5.38 Å². The van der Waals surface area contributed by atoms with Crippen LogP contribution in [0.15, 0.2) is 10.9 Å². The molecule has 0 aliphatic carbocycles. The molecule has 0 aromatic carbocycles. The fraction of sp³-hybridized carbons (Fsp3) is 0.333. The van der Waals surface area contributed by atoms with E-state index in [1.165, 1.54) is 18.3 Å². The van der Waals surface area contributed by atoms with Gasteiger partial charge in [0.05, 0.1) is 11.2 Å². The third kappa shape index (κ3) is 2.14. The lowest BCUT2D eigenvalue weighted by atomic mass is 10.5. The number of carbonyl (C=O) groups is 1. The molecular formula is C6H7NO2S. The molecule has 1 aromatic rings. The Balaban J connectivity index is 2.35. The van der Waals surface area contributed by atoms with Crippen molar-refractivity contribution >= 4 is 17.3 Å². The summed E-state index contributed by atoms with van der Waals surface area (Å²) < 4.78 is 4.69. The first-order chi connectivity index (χ1) is 4.79. The third-order valence-electron chi connectivity index (χ3n) is 0.907. The standard InChI is InChI=1S/C6H7NO2S/c1-5(8)9-2-6-3-10-4-7-6/h3-4H,2H2,1H3. The summed E-state index contributed by atoms with van der Waals surface area (Å²) in [4.78, 5) is 14.2. The zero-order chi connectivity index (χ0) is 7.40. The average Bonchev–Trinajstić information content (AvgIpc) is 2.34. The molecule has 0 saturated heterocycles. The molecule has 1 heterocycles. The van der Waals surface area contributed by atoms with Gasteiger partial charge in [0.15, 0.2) is 0 Å². The number of rotatable bonds is 2. The largest absolute Gasteiger partial charge is 0.459 e. The predicted octanol–water partition coefficient (Wildman–Crippen LogP) is 1.21.